The maximum absolute atomic E-state index is 12.5. The summed E-state index contributed by atoms with van der Waals surface area (Å²) in [5.74, 6) is -2.37. The van der Waals surface area contributed by atoms with Crippen molar-refractivity contribution in [2.75, 3.05) is 25.3 Å². The van der Waals surface area contributed by atoms with Gasteiger partial charge in [0.25, 0.3) is 0 Å². The Labute approximate surface area is 267 Å². The fraction of sp³-hybridized carbons (Fsp3) is 0.750. The maximum Gasteiger partial charge on any atom is 0.315 e. The standard InChI is InChI=1S/C28H45ClN6O8S/c1-16(26(40)32-17(2)27(41)33-18(20(36)14-29)13-24(39)43-3)31-23(38)11-5-4-8-12-30-22(37)10-7-6-9-21-25-19(15-44-21)34-28(42)35-25/h16-19,21,25H,4-15H2,1-3H3,(H,30,37)(H,31,38)(H,32,40)(H,33,41)(H2,34,35,42). The number of hydrogen-bond acceptors (Lipinski definition) is 9. The summed E-state index contributed by atoms with van der Waals surface area (Å²) in [6.45, 7) is 3.41. The van der Waals surface area contributed by atoms with Crippen LogP contribution in [-0.4, -0.2) is 102 Å². The number of carbonyl (C=O) groups excluding carboxylic acids is 7. The lowest BCUT2D eigenvalue weighted by Gasteiger charge is -2.21. The molecule has 44 heavy (non-hydrogen) atoms. The second-order valence-corrected chi connectivity index (χ2v) is 12.5. The van der Waals surface area contributed by atoms with Crippen LogP contribution in [0.25, 0.3) is 0 Å². The van der Waals surface area contributed by atoms with Gasteiger partial charge in [-0.3, -0.25) is 28.8 Å². The lowest BCUT2D eigenvalue weighted by atomic mass is 10.0. The lowest BCUT2D eigenvalue weighted by molar-refractivity contribution is -0.143. The van der Waals surface area contributed by atoms with Gasteiger partial charge in [0.05, 0.1) is 37.5 Å². The van der Waals surface area contributed by atoms with Gasteiger partial charge in [0, 0.05) is 30.4 Å². The fourth-order valence-electron chi connectivity index (χ4n) is 4.85. The third-order valence-electron chi connectivity index (χ3n) is 7.44. The molecule has 2 heterocycles. The van der Waals surface area contributed by atoms with Crippen LogP contribution < -0.4 is 31.9 Å². The van der Waals surface area contributed by atoms with Gasteiger partial charge in [-0.15, -0.1) is 11.6 Å². The van der Waals surface area contributed by atoms with Gasteiger partial charge in [0.1, 0.15) is 12.1 Å². The van der Waals surface area contributed by atoms with Crippen LogP contribution in [0.15, 0.2) is 0 Å². The molecule has 0 spiro atoms. The molecule has 248 valence electrons. The first-order chi connectivity index (χ1) is 20.9. The molecule has 0 radical (unpaired) electrons. The Bertz CT molecular complexity index is 1050. The minimum absolute atomic E-state index is 0.00269. The number of nitrogens with one attached hydrogen (secondary N) is 6. The van der Waals surface area contributed by atoms with Crippen molar-refractivity contribution in [3.8, 4) is 0 Å². The average molecular weight is 661 g/mol. The van der Waals surface area contributed by atoms with Gasteiger partial charge in [0.15, 0.2) is 5.78 Å². The summed E-state index contributed by atoms with van der Waals surface area (Å²) in [6, 6.07) is -2.84. The van der Waals surface area contributed by atoms with Gasteiger partial charge >= 0.3 is 12.0 Å². The second-order valence-electron chi connectivity index (χ2n) is 11.0. The van der Waals surface area contributed by atoms with Crippen molar-refractivity contribution < 1.29 is 38.3 Å². The van der Waals surface area contributed by atoms with Crippen LogP contribution in [0.3, 0.4) is 0 Å². The van der Waals surface area contributed by atoms with Crippen molar-refractivity contribution in [1.82, 2.24) is 31.9 Å². The third kappa shape index (κ3) is 12.9. The molecule has 6 unspecified atom stereocenters. The Morgan fingerprint density at radius 2 is 1.57 bits per heavy atom. The number of hydrogen-bond donors (Lipinski definition) is 6. The molecular formula is C28H45ClN6O8S. The van der Waals surface area contributed by atoms with E-state index in [1.807, 2.05) is 11.8 Å². The number of ether oxygens (including phenoxy) is 1. The van der Waals surface area contributed by atoms with Gasteiger partial charge < -0.3 is 36.6 Å². The highest BCUT2D eigenvalue weighted by molar-refractivity contribution is 8.00. The first-order valence-electron chi connectivity index (χ1n) is 15.0. The minimum atomic E-state index is -1.19. The first kappa shape index (κ1) is 37.1. The molecule has 6 N–H and O–H groups in total. The number of urea groups is 1. The summed E-state index contributed by atoms with van der Waals surface area (Å²) in [7, 11) is 1.15. The van der Waals surface area contributed by atoms with Crippen LogP contribution in [0.4, 0.5) is 4.79 Å². The Kier molecular flexibility index (Phi) is 16.3. The predicted molar refractivity (Wildman–Crippen MR) is 165 cm³/mol. The third-order valence-corrected chi connectivity index (χ3v) is 9.21. The number of fused-ring (bicyclic) bond motifs is 1. The van der Waals surface area contributed by atoms with Gasteiger partial charge in [0.2, 0.25) is 23.6 Å². The van der Waals surface area contributed by atoms with E-state index in [4.69, 9.17) is 11.6 Å². The summed E-state index contributed by atoms with van der Waals surface area (Å²) in [5, 5.41) is 16.6. The topological polar surface area (TPSA) is 201 Å². The summed E-state index contributed by atoms with van der Waals surface area (Å²) < 4.78 is 4.53. The monoisotopic (exact) mass is 660 g/mol. The molecule has 2 rings (SSSR count). The Morgan fingerprint density at radius 1 is 0.909 bits per heavy atom. The minimum Gasteiger partial charge on any atom is -0.469 e. The number of amides is 6. The van der Waals surface area contributed by atoms with Crippen molar-refractivity contribution in [3.05, 3.63) is 0 Å². The molecule has 0 saturated carbocycles. The maximum atomic E-state index is 12.5. The van der Waals surface area contributed by atoms with Gasteiger partial charge in [-0.1, -0.05) is 12.8 Å². The van der Waals surface area contributed by atoms with E-state index in [1.165, 1.54) is 13.8 Å². The normalized spacial score (nSPS) is 20.6. The quantitative estimate of drug-likeness (QED) is 0.0458. The van der Waals surface area contributed by atoms with E-state index >= 15 is 0 Å². The molecule has 2 aliphatic heterocycles. The summed E-state index contributed by atoms with van der Waals surface area (Å²) in [6.07, 6.45) is 4.98. The molecule has 2 saturated heterocycles. The number of esters is 1. The lowest BCUT2D eigenvalue weighted by Crippen LogP contribution is -2.54. The van der Waals surface area contributed by atoms with Crippen LogP contribution in [0.5, 0.6) is 0 Å². The van der Waals surface area contributed by atoms with E-state index in [-0.39, 0.29) is 36.3 Å². The molecule has 6 amide bonds. The Morgan fingerprint density at radius 3 is 2.27 bits per heavy atom. The molecule has 16 heteroatoms. The number of unbranched alkanes of at least 4 members (excludes halogenated alkanes) is 3. The van der Waals surface area contributed by atoms with Crippen LogP contribution in [0, 0.1) is 0 Å². The van der Waals surface area contributed by atoms with Crippen molar-refractivity contribution in [2.45, 2.75) is 107 Å². The predicted octanol–water partition coefficient (Wildman–Crippen LogP) is 0.254. The summed E-state index contributed by atoms with van der Waals surface area (Å²) in [5.41, 5.74) is 0. The molecule has 0 aromatic rings. The number of ketones is 1. The van der Waals surface area contributed by atoms with E-state index in [9.17, 15) is 33.6 Å². The second kappa shape index (κ2) is 19.3. The van der Waals surface area contributed by atoms with Gasteiger partial charge in [-0.05, 0) is 39.5 Å². The number of alkyl halides is 1. The van der Waals surface area contributed by atoms with E-state index in [2.05, 4.69) is 36.6 Å². The smallest absolute Gasteiger partial charge is 0.315 e. The number of rotatable bonds is 20. The molecule has 2 aliphatic rings. The van der Waals surface area contributed by atoms with Crippen LogP contribution in [-0.2, 0) is 33.5 Å². The van der Waals surface area contributed by atoms with Crippen LogP contribution >= 0.6 is 23.4 Å². The van der Waals surface area contributed by atoms with Gasteiger partial charge in [-0.25, -0.2) is 4.79 Å². The van der Waals surface area contributed by atoms with Gasteiger partial charge in [-0.2, -0.15) is 11.8 Å². The fourth-order valence-corrected chi connectivity index (χ4v) is 6.58. The Hall–Kier alpha value is -3.07. The highest BCUT2D eigenvalue weighted by Crippen LogP contribution is 2.33. The Balaban J connectivity index is 1.53. The zero-order valence-corrected chi connectivity index (χ0v) is 27.1. The highest BCUT2D eigenvalue weighted by atomic mass is 35.5. The largest absolute Gasteiger partial charge is 0.469 e. The molecule has 0 bridgehead atoms. The zero-order chi connectivity index (χ0) is 32.6. The number of thioether (sulfide) groups is 1. The molecule has 0 aliphatic carbocycles. The van der Waals surface area contributed by atoms with Crippen LogP contribution in [0.1, 0.15) is 71.6 Å². The SMILES string of the molecule is COC(=O)CC(NC(=O)C(C)NC(=O)C(C)NC(=O)CCCCCNC(=O)CCCCC1SCC2NC(=O)NC21)C(=O)CCl. The van der Waals surface area contributed by atoms with Crippen molar-refractivity contribution in [1.29, 1.82) is 0 Å². The average Bonchev–Trinajstić information content (AvgIpc) is 3.54. The number of halogens is 1. The summed E-state index contributed by atoms with van der Waals surface area (Å²) in [4.78, 5) is 84.2. The van der Waals surface area contributed by atoms with E-state index < -0.39 is 54.0 Å². The number of methoxy groups -OCH3 is 1. The number of carbonyl (C=O) groups is 7. The van der Waals surface area contributed by atoms with E-state index in [1.54, 1.807) is 0 Å². The zero-order valence-electron chi connectivity index (χ0n) is 25.5. The number of Topliss-reactive ketones (excluding diaryl/α,β-unsaturated/α-hetero) is 1. The molecule has 2 fully saturated rings. The van der Waals surface area contributed by atoms with Crippen molar-refractivity contribution >= 4 is 64.8 Å². The van der Waals surface area contributed by atoms with Crippen LogP contribution in [0.2, 0.25) is 0 Å². The van der Waals surface area contributed by atoms with Crippen molar-refractivity contribution in [3.63, 3.8) is 0 Å². The molecule has 0 aromatic heterocycles. The first-order valence-corrected chi connectivity index (χ1v) is 16.5. The molecule has 6 atom stereocenters. The van der Waals surface area contributed by atoms with E-state index in [0.29, 0.717) is 24.6 Å². The molecule has 0 aromatic carbocycles. The van der Waals surface area contributed by atoms with E-state index in [0.717, 1.165) is 45.0 Å². The highest BCUT2D eigenvalue weighted by Gasteiger charge is 2.42. The molecular weight excluding hydrogens is 616 g/mol. The summed E-state index contributed by atoms with van der Waals surface area (Å²) >= 11 is 7.41. The van der Waals surface area contributed by atoms with Crippen molar-refractivity contribution in [2.24, 2.45) is 0 Å². The molecule has 14 nitrogen and oxygen atoms in total.